The Labute approximate surface area is 250 Å². The molecule has 4 aromatic rings. The number of anilines is 1. The van der Waals surface area contributed by atoms with Gasteiger partial charge in [0, 0.05) is 23.2 Å². The van der Waals surface area contributed by atoms with E-state index in [-0.39, 0.29) is 57.9 Å². The van der Waals surface area contributed by atoms with Gasteiger partial charge in [0.1, 0.15) is 12.4 Å². The molecule has 0 heterocycles. The van der Waals surface area contributed by atoms with Crippen molar-refractivity contribution in [1.29, 1.82) is 0 Å². The highest BCUT2D eigenvalue weighted by Crippen LogP contribution is 2.42. The lowest BCUT2D eigenvalue weighted by Crippen LogP contribution is -2.32. The van der Waals surface area contributed by atoms with Crippen LogP contribution in [0, 0.1) is 0 Å². The number of benzene rings is 4. The summed E-state index contributed by atoms with van der Waals surface area (Å²) < 4.78 is 127. The van der Waals surface area contributed by atoms with Crippen LogP contribution in [0.25, 0.3) is 0 Å². The molecule has 0 aromatic heterocycles. The molecule has 0 radical (unpaired) electrons. The van der Waals surface area contributed by atoms with E-state index in [2.05, 4.69) is 0 Å². The van der Waals surface area contributed by atoms with E-state index in [9.17, 15) is 44.6 Å². The monoisotopic (exact) mass is 645 g/mol. The van der Waals surface area contributed by atoms with Crippen LogP contribution in [0.2, 0.25) is 0 Å². The summed E-state index contributed by atoms with van der Waals surface area (Å²) in [7, 11) is 0. The fourth-order valence-corrected chi connectivity index (χ4v) is 5.25. The normalized spacial score (nSPS) is 13.0. The molecule has 0 bridgehead atoms. The highest BCUT2D eigenvalue weighted by atomic mass is 32.2. The van der Waals surface area contributed by atoms with E-state index < -0.39 is 41.6 Å². The van der Waals surface area contributed by atoms with Gasteiger partial charge in [-0.05, 0) is 64.9 Å². The van der Waals surface area contributed by atoms with Crippen molar-refractivity contribution in [3.05, 3.63) is 125 Å². The number of hydrogen-bond donors (Lipinski definition) is 1. The van der Waals surface area contributed by atoms with Gasteiger partial charge in [0.15, 0.2) is 0 Å². The molecule has 1 atom stereocenters. The lowest BCUT2D eigenvalue weighted by Gasteiger charge is -2.35. The summed E-state index contributed by atoms with van der Waals surface area (Å²) in [5.74, 6) is 0.128. The molecule has 1 N–H and O–H groups in total. The number of halogens is 9. The van der Waals surface area contributed by atoms with Crippen molar-refractivity contribution >= 4 is 17.4 Å². The second-order valence-electron chi connectivity index (χ2n) is 9.55. The summed E-state index contributed by atoms with van der Waals surface area (Å²) in [6.07, 6.45) is -9.36. The molecule has 0 amide bonds. The number of alkyl halides is 9. The van der Waals surface area contributed by atoms with Gasteiger partial charge in [-0.15, -0.1) is 0 Å². The first-order valence-corrected chi connectivity index (χ1v) is 13.7. The Morgan fingerprint density at radius 2 is 1.41 bits per heavy atom. The summed E-state index contributed by atoms with van der Waals surface area (Å²) in [6, 6.07) is 19.0. The summed E-state index contributed by atoms with van der Waals surface area (Å²) in [5.41, 5.74) is -6.33. The Bertz CT molecular complexity index is 1550. The molecule has 4 rings (SSSR count). The van der Waals surface area contributed by atoms with E-state index >= 15 is 0 Å². The molecule has 0 spiro atoms. The van der Waals surface area contributed by atoms with E-state index in [1.54, 1.807) is 0 Å². The first kappa shape index (κ1) is 33.1. The van der Waals surface area contributed by atoms with Crippen LogP contribution in [0.4, 0.5) is 45.2 Å². The minimum absolute atomic E-state index is 0.128. The van der Waals surface area contributed by atoms with Gasteiger partial charge in [-0.3, -0.25) is 0 Å². The number of thioether (sulfide) groups is 1. The zero-order chi connectivity index (χ0) is 32.1. The molecule has 0 aliphatic rings. The van der Waals surface area contributed by atoms with Crippen molar-refractivity contribution < 1.29 is 49.4 Å². The predicted octanol–water partition coefficient (Wildman–Crippen LogP) is 9.66. The first-order chi connectivity index (χ1) is 20.7. The van der Waals surface area contributed by atoms with Crippen molar-refractivity contribution in [2.45, 2.75) is 41.9 Å². The molecule has 0 saturated carbocycles. The number of hydrogen-bond acceptors (Lipinski definition) is 4. The zero-order valence-corrected chi connectivity index (χ0v) is 23.4. The number of ether oxygens (including phenoxy) is 1. The molecule has 3 nitrogen and oxygen atoms in total. The Morgan fingerprint density at radius 3 is 2.09 bits per heavy atom. The van der Waals surface area contributed by atoms with Crippen LogP contribution in [-0.4, -0.2) is 17.2 Å². The van der Waals surface area contributed by atoms with Crippen LogP contribution < -0.4 is 9.64 Å². The largest absolute Gasteiger partial charge is 0.489 e. The maximum atomic E-state index is 14.0. The van der Waals surface area contributed by atoms with Gasteiger partial charge in [0.25, 0.3) is 0 Å². The highest BCUT2D eigenvalue weighted by Gasteiger charge is 2.37. The van der Waals surface area contributed by atoms with Gasteiger partial charge in [0.05, 0.1) is 23.8 Å². The van der Waals surface area contributed by atoms with Crippen molar-refractivity contribution in [2.75, 3.05) is 11.5 Å². The number of rotatable bonds is 10. The van der Waals surface area contributed by atoms with Crippen LogP contribution >= 0.6 is 11.8 Å². The average Bonchev–Trinajstić information content (AvgIpc) is 2.96. The summed E-state index contributed by atoms with van der Waals surface area (Å²) in [5, 5.41) is 10.4. The number of aliphatic hydroxyl groups is 1. The van der Waals surface area contributed by atoms with Crippen molar-refractivity contribution in [2.24, 2.45) is 0 Å². The number of aliphatic hydroxyl groups excluding tert-OH is 1. The van der Waals surface area contributed by atoms with Crippen LogP contribution in [0.1, 0.15) is 33.9 Å². The summed E-state index contributed by atoms with van der Waals surface area (Å²) in [4.78, 5) is 1.15. The van der Waals surface area contributed by atoms with Crippen molar-refractivity contribution in [3.8, 4) is 5.75 Å². The van der Waals surface area contributed by atoms with Crippen molar-refractivity contribution in [3.63, 3.8) is 0 Å². The minimum Gasteiger partial charge on any atom is -0.489 e. The third kappa shape index (κ3) is 8.63. The third-order valence-electron chi connectivity index (χ3n) is 6.52. The van der Waals surface area contributed by atoms with Crippen LogP contribution in [-0.2, 0) is 25.5 Å². The molecular weight excluding hydrogens is 621 g/mol. The lowest BCUT2D eigenvalue weighted by atomic mass is 9.97. The van der Waals surface area contributed by atoms with Gasteiger partial charge >= 0.3 is 17.9 Å². The van der Waals surface area contributed by atoms with Crippen LogP contribution in [0.5, 0.6) is 5.75 Å². The average molecular weight is 646 g/mol. The van der Waals surface area contributed by atoms with E-state index in [0.717, 1.165) is 18.2 Å². The van der Waals surface area contributed by atoms with Crippen LogP contribution in [0.15, 0.2) is 102 Å². The SMILES string of the molecule is OCC(c1ccccc1C(F)(F)F)N(Cc1ccccc1SC(F)(F)F)c1cccc(OCc2cccc(C(F)(F)F)c2)c1. The standard InChI is InChI=1S/C31H24F9NO2S/c32-29(33,34)22-9-5-7-20(15-22)19-43-24-11-6-10-23(16-24)41(17-21-8-1-4-14-28(21)44-31(38,39)40)27(18-42)25-12-2-3-13-26(25)30(35,36)37/h1-16,27,42H,17-19H2. The summed E-state index contributed by atoms with van der Waals surface area (Å²) in [6.45, 7) is -1.45. The first-order valence-electron chi connectivity index (χ1n) is 12.9. The van der Waals surface area contributed by atoms with E-state index in [0.29, 0.717) is 0 Å². The maximum absolute atomic E-state index is 14.0. The van der Waals surface area contributed by atoms with Gasteiger partial charge in [-0.25, -0.2) is 0 Å². The van der Waals surface area contributed by atoms with Crippen LogP contribution in [0.3, 0.4) is 0 Å². The molecule has 0 aliphatic carbocycles. The van der Waals surface area contributed by atoms with E-state index in [4.69, 9.17) is 4.74 Å². The van der Waals surface area contributed by atoms with Gasteiger partial charge in [-0.1, -0.05) is 54.6 Å². The predicted molar refractivity (Wildman–Crippen MR) is 148 cm³/mol. The second kappa shape index (κ2) is 13.4. The molecule has 0 aliphatic heterocycles. The molecule has 0 fully saturated rings. The lowest BCUT2D eigenvalue weighted by molar-refractivity contribution is -0.139. The fourth-order valence-electron chi connectivity index (χ4n) is 4.59. The smallest absolute Gasteiger partial charge is 0.446 e. The van der Waals surface area contributed by atoms with Gasteiger partial charge < -0.3 is 14.7 Å². The second-order valence-corrected chi connectivity index (χ2v) is 10.7. The Hall–Kier alpha value is -3.84. The van der Waals surface area contributed by atoms with E-state index in [1.807, 2.05) is 0 Å². The topological polar surface area (TPSA) is 32.7 Å². The molecule has 0 saturated heterocycles. The van der Waals surface area contributed by atoms with Gasteiger partial charge in [0.2, 0.25) is 0 Å². The molecule has 1 unspecified atom stereocenters. The molecular formula is C31H24F9NO2S. The summed E-state index contributed by atoms with van der Waals surface area (Å²) >= 11 is -0.375. The fraction of sp³-hybridized carbons (Fsp3) is 0.226. The Morgan fingerprint density at radius 1 is 0.727 bits per heavy atom. The van der Waals surface area contributed by atoms with Gasteiger partial charge in [-0.2, -0.15) is 39.5 Å². The minimum atomic E-state index is -4.80. The molecule has 4 aromatic carbocycles. The highest BCUT2D eigenvalue weighted by molar-refractivity contribution is 8.00. The van der Waals surface area contributed by atoms with Crippen molar-refractivity contribution in [1.82, 2.24) is 0 Å². The molecule has 234 valence electrons. The molecule has 44 heavy (non-hydrogen) atoms. The quantitative estimate of drug-likeness (QED) is 0.138. The molecule has 13 heteroatoms. The Kier molecular flexibility index (Phi) is 10.1. The van der Waals surface area contributed by atoms with E-state index in [1.165, 1.54) is 83.8 Å². The third-order valence-corrected chi connectivity index (χ3v) is 7.37. The zero-order valence-electron chi connectivity index (χ0n) is 22.5. The number of nitrogens with zero attached hydrogens (tertiary/aromatic N) is 1. The maximum Gasteiger partial charge on any atom is 0.446 e. The Balaban J connectivity index is 1.74.